The van der Waals surface area contributed by atoms with Crippen LogP contribution in [-0.4, -0.2) is 31.1 Å². The van der Waals surface area contributed by atoms with Gasteiger partial charge in [0.15, 0.2) is 6.10 Å². The Kier molecular flexibility index (Phi) is 7.85. The Labute approximate surface area is 173 Å². The quantitative estimate of drug-likeness (QED) is 0.568. The SMILES string of the molecule is COc1ccccc1NC(=O)[C@H](C)OC(=O)C[C@H](NC(N)=O)c1ccccc1Cl. The Balaban J connectivity index is 2.02. The van der Waals surface area contributed by atoms with E-state index in [1.54, 1.807) is 48.5 Å². The van der Waals surface area contributed by atoms with E-state index in [4.69, 9.17) is 26.8 Å². The summed E-state index contributed by atoms with van der Waals surface area (Å²) in [5.74, 6) is -0.754. The highest BCUT2D eigenvalue weighted by Crippen LogP contribution is 2.26. The Morgan fingerprint density at radius 3 is 2.41 bits per heavy atom. The zero-order chi connectivity index (χ0) is 21.4. The fourth-order valence-electron chi connectivity index (χ4n) is 2.62. The molecule has 9 heteroatoms. The summed E-state index contributed by atoms with van der Waals surface area (Å²) in [5.41, 5.74) is 6.16. The number of esters is 1. The van der Waals surface area contributed by atoms with Crippen molar-refractivity contribution in [3.8, 4) is 5.75 Å². The van der Waals surface area contributed by atoms with Gasteiger partial charge in [-0.15, -0.1) is 0 Å². The first-order valence-electron chi connectivity index (χ1n) is 8.75. The van der Waals surface area contributed by atoms with Crippen molar-refractivity contribution in [1.29, 1.82) is 0 Å². The molecule has 2 atom stereocenters. The molecule has 0 saturated heterocycles. The van der Waals surface area contributed by atoms with E-state index in [0.717, 1.165) is 0 Å². The van der Waals surface area contributed by atoms with Crippen molar-refractivity contribution in [1.82, 2.24) is 5.32 Å². The number of nitrogens with two attached hydrogens (primary N) is 1. The monoisotopic (exact) mass is 419 g/mol. The number of anilines is 1. The van der Waals surface area contributed by atoms with Gasteiger partial charge in [-0.1, -0.05) is 41.9 Å². The van der Waals surface area contributed by atoms with Gasteiger partial charge in [0.25, 0.3) is 5.91 Å². The average molecular weight is 420 g/mol. The maximum absolute atomic E-state index is 12.3. The van der Waals surface area contributed by atoms with Crippen LogP contribution in [0, 0.1) is 0 Å². The maximum atomic E-state index is 12.3. The van der Waals surface area contributed by atoms with Crippen molar-refractivity contribution >= 4 is 35.2 Å². The minimum Gasteiger partial charge on any atom is -0.495 e. The molecule has 3 amide bonds. The number of carbonyl (C=O) groups is 3. The number of carbonyl (C=O) groups excluding carboxylic acids is 3. The molecule has 2 aromatic carbocycles. The van der Waals surface area contributed by atoms with Gasteiger partial charge in [-0.05, 0) is 30.7 Å². The summed E-state index contributed by atoms with van der Waals surface area (Å²) >= 11 is 6.14. The van der Waals surface area contributed by atoms with Gasteiger partial charge in [0, 0.05) is 5.02 Å². The number of nitrogens with one attached hydrogen (secondary N) is 2. The largest absolute Gasteiger partial charge is 0.495 e. The molecule has 2 rings (SSSR count). The average Bonchev–Trinajstić information content (AvgIpc) is 2.67. The van der Waals surface area contributed by atoms with Crippen LogP contribution in [0.15, 0.2) is 48.5 Å². The number of amides is 3. The second-order valence-corrected chi connectivity index (χ2v) is 6.52. The highest BCUT2D eigenvalue weighted by molar-refractivity contribution is 6.31. The van der Waals surface area contributed by atoms with Gasteiger partial charge < -0.3 is 25.8 Å². The Hall–Kier alpha value is -3.26. The molecule has 2 aromatic rings. The van der Waals surface area contributed by atoms with Crippen LogP contribution in [0.1, 0.15) is 24.9 Å². The van der Waals surface area contributed by atoms with E-state index in [2.05, 4.69) is 10.6 Å². The van der Waals surface area contributed by atoms with Crippen LogP contribution >= 0.6 is 11.6 Å². The smallest absolute Gasteiger partial charge is 0.312 e. The lowest BCUT2D eigenvalue weighted by atomic mass is 10.0. The van der Waals surface area contributed by atoms with E-state index >= 15 is 0 Å². The number of para-hydroxylation sites is 2. The number of hydrogen-bond donors (Lipinski definition) is 3. The second-order valence-electron chi connectivity index (χ2n) is 6.11. The van der Waals surface area contributed by atoms with E-state index in [0.29, 0.717) is 22.0 Å². The molecule has 154 valence electrons. The van der Waals surface area contributed by atoms with Gasteiger partial charge in [0.05, 0.1) is 25.3 Å². The molecule has 8 nitrogen and oxygen atoms in total. The summed E-state index contributed by atoms with van der Waals surface area (Å²) in [6.45, 7) is 1.44. The van der Waals surface area contributed by atoms with Crippen molar-refractivity contribution in [2.45, 2.75) is 25.5 Å². The number of ether oxygens (including phenoxy) is 2. The highest BCUT2D eigenvalue weighted by Gasteiger charge is 2.24. The predicted octanol–water partition coefficient (Wildman–Crippen LogP) is 3.02. The van der Waals surface area contributed by atoms with Crippen molar-refractivity contribution in [3.63, 3.8) is 0 Å². The lowest BCUT2D eigenvalue weighted by Gasteiger charge is -2.20. The van der Waals surface area contributed by atoms with E-state index < -0.39 is 30.1 Å². The van der Waals surface area contributed by atoms with Gasteiger partial charge in [-0.2, -0.15) is 0 Å². The van der Waals surface area contributed by atoms with E-state index in [-0.39, 0.29) is 6.42 Å². The standard InChI is InChI=1S/C20H22ClN3O5/c1-12(19(26)23-15-9-5-6-10-17(15)28-2)29-18(25)11-16(24-20(22)27)13-7-3-4-8-14(13)21/h3-10,12,16H,11H2,1-2H3,(H,23,26)(H3,22,24,27)/t12-,16-/m0/s1. The number of primary amides is 1. The first-order valence-corrected chi connectivity index (χ1v) is 9.13. The molecule has 0 radical (unpaired) electrons. The summed E-state index contributed by atoms with van der Waals surface area (Å²) in [6.07, 6.45) is -1.33. The molecule has 0 aromatic heterocycles. The summed E-state index contributed by atoms with van der Waals surface area (Å²) < 4.78 is 10.4. The van der Waals surface area contributed by atoms with Crippen LogP contribution in [0.4, 0.5) is 10.5 Å². The Morgan fingerprint density at radius 2 is 1.76 bits per heavy atom. The first-order chi connectivity index (χ1) is 13.8. The molecule has 4 N–H and O–H groups in total. The molecule has 0 aliphatic rings. The molecule has 29 heavy (non-hydrogen) atoms. The normalized spacial score (nSPS) is 12.4. The fraction of sp³-hybridized carbons (Fsp3) is 0.250. The van der Waals surface area contributed by atoms with Crippen molar-refractivity contribution < 1.29 is 23.9 Å². The number of methoxy groups -OCH3 is 1. The summed E-state index contributed by atoms with van der Waals surface area (Å²) in [7, 11) is 1.48. The third kappa shape index (κ3) is 6.39. The molecule has 0 spiro atoms. The van der Waals surface area contributed by atoms with Crippen LogP contribution < -0.4 is 21.1 Å². The molecular formula is C20H22ClN3O5. The van der Waals surface area contributed by atoms with Gasteiger partial charge >= 0.3 is 12.0 Å². The number of urea groups is 1. The third-order valence-electron chi connectivity index (χ3n) is 4.01. The van der Waals surface area contributed by atoms with Crippen molar-refractivity contribution in [3.05, 3.63) is 59.1 Å². The summed E-state index contributed by atoms with van der Waals surface area (Å²) in [6, 6.07) is 12.0. The third-order valence-corrected chi connectivity index (χ3v) is 4.35. The van der Waals surface area contributed by atoms with Gasteiger partial charge in [0.1, 0.15) is 5.75 Å². The maximum Gasteiger partial charge on any atom is 0.312 e. The van der Waals surface area contributed by atoms with E-state index in [1.807, 2.05) is 0 Å². The van der Waals surface area contributed by atoms with E-state index in [9.17, 15) is 14.4 Å². The molecule has 0 aliphatic heterocycles. The molecule has 0 aliphatic carbocycles. The topological polar surface area (TPSA) is 120 Å². The zero-order valence-electron chi connectivity index (χ0n) is 16.0. The molecular weight excluding hydrogens is 398 g/mol. The predicted molar refractivity (Wildman–Crippen MR) is 109 cm³/mol. The highest BCUT2D eigenvalue weighted by atomic mass is 35.5. The molecule has 0 saturated carbocycles. The zero-order valence-corrected chi connectivity index (χ0v) is 16.7. The molecule has 0 heterocycles. The lowest BCUT2D eigenvalue weighted by Crippen LogP contribution is -2.36. The minimum atomic E-state index is -1.08. The van der Waals surface area contributed by atoms with Crippen LogP contribution in [-0.2, 0) is 14.3 Å². The Morgan fingerprint density at radius 1 is 1.10 bits per heavy atom. The fourth-order valence-corrected chi connectivity index (χ4v) is 2.88. The van der Waals surface area contributed by atoms with Crippen LogP contribution in [0.3, 0.4) is 0 Å². The van der Waals surface area contributed by atoms with E-state index in [1.165, 1.54) is 14.0 Å². The van der Waals surface area contributed by atoms with Crippen molar-refractivity contribution in [2.24, 2.45) is 5.73 Å². The van der Waals surface area contributed by atoms with Gasteiger partial charge in [-0.25, -0.2) is 4.79 Å². The summed E-state index contributed by atoms with van der Waals surface area (Å²) in [4.78, 5) is 36.0. The number of benzene rings is 2. The van der Waals surface area contributed by atoms with Crippen molar-refractivity contribution in [2.75, 3.05) is 12.4 Å². The van der Waals surface area contributed by atoms with Gasteiger partial charge in [-0.3, -0.25) is 9.59 Å². The lowest BCUT2D eigenvalue weighted by molar-refractivity contribution is -0.153. The van der Waals surface area contributed by atoms with Gasteiger partial charge in [0.2, 0.25) is 0 Å². The molecule has 0 fully saturated rings. The molecule has 0 unspecified atom stereocenters. The Bertz CT molecular complexity index is 890. The number of hydrogen-bond acceptors (Lipinski definition) is 5. The second kappa shape index (κ2) is 10.3. The minimum absolute atomic E-state index is 0.251. The number of halogens is 1. The first kappa shape index (κ1) is 22.0. The van der Waals surface area contributed by atoms with Crippen LogP contribution in [0.5, 0.6) is 5.75 Å². The van der Waals surface area contributed by atoms with Crippen LogP contribution in [0.25, 0.3) is 0 Å². The molecule has 0 bridgehead atoms. The van der Waals surface area contributed by atoms with Crippen LogP contribution in [0.2, 0.25) is 5.02 Å². The summed E-state index contributed by atoms with van der Waals surface area (Å²) in [5, 5.41) is 5.46. The number of rotatable bonds is 8.